The summed E-state index contributed by atoms with van der Waals surface area (Å²) in [5.41, 5.74) is 4.92. The van der Waals surface area contributed by atoms with Crippen LogP contribution in [0.4, 0.5) is 16.2 Å². The van der Waals surface area contributed by atoms with E-state index in [-0.39, 0.29) is 6.03 Å². The number of hydrogen-bond donors (Lipinski definition) is 2. The van der Waals surface area contributed by atoms with Gasteiger partial charge >= 0.3 is 6.03 Å². The number of benzene rings is 2. The van der Waals surface area contributed by atoms with Crippen LogP contribution in [0.15, 0.2) is 67.0 Å². The Morgan fingerprint density at radius 3 is 2.81 bits per heavy atom. The Morgan fingerprint density at radius 2 is 1.93 bits per heavy atom. The van der Waals surface area contributed by atoms with Gasteiger partial charge in [-0.1, -0.05) is 37.3 Å². The molecule has 2 aromatic heterocycles. The highest BCUT2D eigenvalue weighted by molar-refractivity contribution is 6.00. The summed E-state index contributed by atoms with van der Waals surface area (Å²) in [6.07, 6.45) is 2.41. The van der Waals surface area contributed by atoms with Crippen molar-refractivity contribution in [2.75, 3.05) is 10.6 Å². The van der Waals surface area contributed by atoms with Crippen LogP contribution in [0.5, 0.6) is 0 Å². The van der Waals surface area contributed by atoms with Gasteiger partial charge in [-0.05, 0) is 42.3 Å². The first-order valence-corrected chi connectivity index (χ1v) is 8.66. The van der Waals surface area contributed by atoms with E-state index in [1.807, 2.05) is 60.7 Å². The second-order valence-electron chi connectivity index (χ2n) is 6.02. The Bertz CT molecular complexity index is 1100. The molecule has 2 amide bonds. The first kappa shape index (κ1) is 16.7. The van der Waals surface area contributed by atoms with Crippen molar-refractivity contribution in [2.45, 2.75) is 13.3 Å². The molecular formula is C20H18N6O. The molecule has 0 aliphatic rings. The number of rotatable bonds is 4. The van der Waals surface area contributed by atoms with Crippen LogP contribution < -0.4 is 10.6 Å². The number of carbonyl (C=O) groups is 1. The van der Waals surface area contributed by atoms with Gasteiger partial charge in [-0.2, -0.15) is 9.61 Å². The van der Waals surface area contributed by atoms with E-state index in [0.29, 0.717) is 11.3 Å². The molecule has 0 spiro atoms. The summed E-state index contributed by atoms with van der Waals surface area (Å²) in [6, 6.07) is 18.7. The van der Waals surface area contributed by atoms with Crippen LogP contribution in [0, 0.1) is 0 Å². The van der Waals surface area contributed by atoms with Crippen LogP contribution in [0.25, 0.3) is 16.9 Å². The highest BCUT2D eigenvalue weighted by Crippen LogP contribution is 2.21. The number of para-hydroxylation sites is 1. The van der Waals surface area contributed by atoms with Gasteiger partial charge in [0.2, 0.25) is 0 Å². The predicted molar refractivity (Wildman–Crippen MR) is 105 cm³/mol. The topological polar surface area (TPSA) is 84.2 Å². The molecule has 0 atom stereocenters. The van der Waals surface area contributed by atoms with E-state index >= 15 is 0 Å². The third kappa shape index (κ3) is 3.62. The normalized spacial score (nSPS) is 10.7. The number of urea groups is 1. The van der Waals surface area contributed by atoms with E-state index in [4.69, 9.17) is 0 Å². The third-order valence-electron chi connectivity index (χ3n) is 4.22. The van der Waals surface area contributed by atoms with Crippen LogP contribution in [0.2, 0.25) is 0 Å². The quantitative estimate of drug-likeness (QED) is 0.577. The fraction of sp³-hybridized carbons (Fsp3) is 0.100. The summed E-state index contributed by atoms with van der Waals surface area (Å²) in [4.78, 5) is 12.4. The fourth-order valence-electron chi connectivity index (χ4n) is 2.87. The molecule has 7 nitrogen and oxygen atoms in total. The van der Waals surface area contributed by atoms with Crippen LogP contribution in [0.3, 0.4) is 0 Å². The molecule has 4 rings (SSSR count). The van der Waals surface area contributed by atoms with E-state index in [0.717, 1.165) is 28.9 Å². The number of carbonyl (C=O) groups excluding carboxylic acids is 1. The number of aromatic nitrogens is 4. The molecule has 0 fully saturated rings. The SMILES string of the molecule is CCc1ccccc1NC(=O)Nc1cccc(-c2ccc3nncn3n2)c1. The zero-order valence-corrected chi connectivity index (χ0v) is 14.8. The van der Waals surface area contributed by atoms with Gasteiger partial charge in [0.05, 0.1) is 5.69 Å². The lowest BCUT2D eigenvalue weighted by atomic mass is 10.1. The first-order valence-electron chi connectivity index (χ1n) is 8.66. The average molecular weight is 358 g/mol. The molecule has 2 heterocycles. The van der Waals surface area contributed by atoms with Crippen molar-refractivity contribution in [3.8, 4) is 11.3 Å². The highest BCUT2D eigenvalue weighted by atomic mass is 16.2. The minimum atomic E-state index is -0.282. The van der Waals surface area contributed by atoms with Gasteiger partial charge in [-0.25, -0.2) is 4.79 Å². The summed E-state index contributed by atoms with van der Waals surface area (Å²) in [5.74, 6) is 0. The molecule has 0 unspecified atom stereocenters. The predicted octanol–water partition coefficient (Wildman–Crippen LogP) is 4.00. The number of aryl methyl sites for hydroxylation is 1. The van der Waals surface area contributed by atoms with Gasteiger partial charge in [0.1, 0.15) is 6.33 Å². The fourth-order valence-corrected chi connectivity index (χ4v) is 2.87. The lowest BCUT2D eigenvalue weighted by Crippen LogP contribution is -2.20. The second kappa shape index (κ2) is 7.25. The van der Waals surface area contributed by atoms with Crippen LogP contribution in [0.1, 0.15) is 12.5 Å². The maximum Gasteiger partial charge on any atom is 0.323 e. The maximum absolute atomic E-state index is 12.4. The molecule has 0 saturated heterocycles. The van der Waals surface area contributed by atoms with Crippen molar-refractivity contribution < 1.29 is 4.79 Å². The molecule has 27 heavy (non-hydrogen) atoms. The lowest BCUT2D eigenvalue weighted by Gasteiger charge is -2.11. The molecule has 7 heteroatoms. The molecule has 134 valence electrons. The van der Waals surface area contributed by atoms with Gasteiger partial charge in [-0.3, -0.25) is 0 Å². The molecule has 0 aliphatic heterocycles. The highest BCUT2D eigenvalue weighted by Gasteiger charge is 2.08. The molecule has 0 aliphatic carbocycles. The molecule has 0 radical (unpaired) electrons. The van der Waals surface area contributed by atoms with E-state index in [9.17, 15) is 4.79 Å². The van der Waals surface area contributed by atoms with E-state index in [2.05, 4.69) is 32.9 Å². The maximum atomic E-state index is 12.4. The zero-order chi connectivity index (χ0) is 18.6. The Balaban J connectivity index is 1.53. The van der Waals surface area contributed by atoms with E-state index in [1.165, 1.54) is 0 Å². The first-order chi connectivity index (χ1) is 13.2. The summed E-state index contributed by atoms with van der Waals surface area (Å²) < 4.78 is 1.61. The summed E-state index contributed by atoms with van der Waals surface area (Å²) in [6.45, 7) is 2.06. The molecule has 2 N–H and O–H groups in total. The second-order valence-corrected chi connectivity index (χ2v) is 6.02. The number of nitrogens with zero attached hydrogens (tertiary/aromatic N) is 4. The van der Waals surface area contributed by atoms with E-state index < -0.39 is 0 Å². The number of amides is 2. The van der Waals surface area contributed by atoms with E-state index in [1.54, 1.807) is 10.8 Å². The van der Waals surface area contributed by atoms with Crippen LogP contribution >= 0.6 is 0 Å². The molecule has 4 aromatic rings. The van der Waals surface area contributed by atoms with Crippen LogP contribution in [-0.4, -0.2) is 25.8 Å². The summed E-state index contributed by atoms with van der Waals surface area (Å²) in [7, 11) is 0. The average Bonchev–Trinajstić information content (AvgIpc) is 3.16. The molecule has 0 saturated carbocycles. The Hall–Kier alpha value is -3.74. The lowest BCUT2D eigenvalue weighted by molar-refractivity contribution is 0.262. The largest absolute Gasteiger partial charge is 0.323 e. The van der Waals surface area contributed by atoms with Crippen molar-refractivity contribution >= 4 is 23.1 Å². The van der Waals surface area contributed by atoms with Crippen molar-refractivity contribution in [2.24, 2.45) is 0 Å². The monoisotopic (exact) mass is 358 g/mol. The van der Waals surface area contributed by atoms with Gasteiger partial charge in [0, 0.05) is 16.9 Å². The molecular weight excluding hydrogens is 340 g/mol. The Morgan fingerprint density at radius 1 is 1.04 bits per heavy atom. The number of nitrogens with one attached hydrogen (secondary N) is 2. The number of fused-ring (bicyclic) bond motifs is 1. The summed E-state index contributed by atoms with van der Waals surface area (Å²) in [5, 5.41) is 18.0. The zero-order valence-electron chi connectivity index (χ0n) is 14.8. The standard InChI is InChI=1S/C20H18N6O/c1-2-14-6-3-4-9-17(14)23-20(27)22-16-8-5-7-15(12-16)18-10-11-19-24-21-13-26(19)25-18/h3-13H,2H2,1H3,(H2,22,23,27). The molecule has 0 bridgehead atoms. The number of anilines is 2. The minimum absolute atomic E-state index is 0.282. The minimum Gasteiger partial charge on any atom is -0.308 e. The third-order valence-corrected chi connectivity index (χ3v) is 4.22. The van der Waals surface area contributed by atoms with Crippen LogP contribution in [-0.2, 0) is 6.42 Å². The Labute approximate surface area is 156 Å². The smallest absolute Gasteiger partial charge is 0.308 e. The van der Waals surface area contributed by atoms with Gasteiger partial charge in [0.25, 0.3) is 0 Å². The Kier molecular flexibility index (Phi) is 4.49. The van der Waals surface area contributed by atoms with Gasteiger partial charge in [-0.15, -0.1) is 10.2 Å². The molecule has 2 aromatic carbocycles. The number of hydrogen-bond acceptors (Lipinski definition) is 4. The van der Waals surface area contributed by atoms with Crippen molar-refractivity contribution in [3.63, 3.8) is 0 Å². The van der Waals surface area contributed by atoms with Gasteiger partial charge < -0.3 is 10.6 Å². The van der Waals surface area contributed by atoms with Gasteiger partial charge in [0.15, 0.2) is 5.65 Å². The van der Waals surface area contributed by atoms with Crippen molar-refractivity contribution in [1.82, 2.24) is 19.8 Å². The van der Waals surface area contributed by atoms with Crippen molar-refractivity contribution in [1.29, 1.82) is 0 Å². The summed E-state index contributed by atoms with van der Waals surface area (Å²) >= 11 is 0. The van der Waals surface area contributed by atoms with Crippen molar-refractivity contribution in [3.05, 3.63) is 72.6 Å².